The molecule has 1 aliphatic carbocycles. The Morgan fingerprint density at radius 3 is 2.38 bits per heavy atom. The Bertz CT molecular complexity index is 991. The maximum atomic E-state index is 12.4. The second-order valence-electron chi connectivity index (χ2n) is 7.18. The van der Waals surface area contributed by atoms with Gasteiger partial charge in [0.1, 0.15) is 5.00 Å². The molecule has 0 unspecified atom stereocenters. The normalized spacial score (nSPS) is 15.2. The number of nitrogens with zero attached hydrogens (tertiary/aromatic N) is 1. The molecule has 0 spiro atoms. The zero-order valence-corrected chi connectivity index (χ0v) is 16.5. The first kappa shape index (κ1) is 19.3. The maximum absolute atomic E-state index is 12.4. The zero-order chi connectivity index (χ0) is 20.5. The van der Waals surface area contributed by atoms with Gasteiger partial charge in [0.25, 0.3) is 11.8 Å². The number of carbonyl (C=O) groups is 4. The molecule has 2 aliphatic rings. The lowest BCUT2D eigenvalue weighted by molar-refractivity contribution is -0.116. The van der Waals surface area contributed by atoms with Gasteiger partial charge in [0.2, 0.25) is 5.91 Å². The molecule has 7 nitrogen and oxygen atoms in total. The Kier molecular flexibility index (Phi) is 5.19. The third kappa shape index (κ3) is 3.55. The van der Waals surface area contributed by atoms with Crippen LogP contribution >= 0.6 is 11.3 Å². The standard InChI is InChI=1S/C21H20N2O5S/c24-16(22-18-17(21(27)28)14-8-3-4-9-15(14)29-18)10-5-11-23-19(25)12-6-1-2-7-13(12)20(23)26/h1-2,6-7H,3-5,8-11H2,(H,22,24)(H,27,28). The molecule has 0 fully saturated rings. The lowest BCUT2D eigenvalue weighted by atomic mass is 9.95. The first-order chi connectivity index (χ1) is 14.0. The van der Waals surface area contributed by atoms with Gasteiger partial charge in [-0.25, -0.2) is 4.79 Å². The van der Waals surface area contributed by atoms with Crippen LogP contribution in [0, 0.1) is 0 Å². The summed E-state index contributed by atoms with van der Waals surface area (Å²) < 4.78 is 0. The molecule has 1 aliphatic heterocycles. The van der Waals surface area contributed by atoms with E-state index >= 15 is 0 Å². The van der Waals surface area contributed by atoms with Gasteiger partial charge in [0.05, 0.1) is 16.7 Å². The molecule has 3 amide bonds. The Balaban J connectivity index is 1.37. The van der Waals surface area contributed by atoms with Crippen LogP contribution in [0.4, 0.5) is 5.00 Å². The number of carboxylic acids is 1. The van der Waals surface area contributed by atoms with Crippen molar-refractivity contribution >= 4 is 40.0 Å². The smallest absolute Gasteiger partial charge is 0.339 e. The monoisotopic (exact) mass is 412 g/mol. The Hall–Kier alpha value is -3.00. The number of aryl methyl sites for hydroxylation is 1. The summed E-state index contributed by atoms with van der Waals surface area (Å²) in [6, 6.07) is 6.66. The van der Waals surface area contributed by atoms with Crippen molar-refractivity contribution in [2.24, 2.45) is 0 Å². The molecule has 4 rings (SSSR count). The van der Waals surface area contributed by atoms with Gasteiger partial charge in [-0.1, -0.05) is 12.1 Å². The predicted octanol–water partition coefficient (Wildman–Crippen LogP) is 3.34. The average molecular weight is 412 g/mol. The summed E-state index contributed by atoms with van der Waals surface area (Å²) >= 11 is 1.34. The van der Waals surface area contributed by atoms with E-state index in [0.29, 0.717) is 22.5 Å². The summed E-state index contributed by atoms with van der Waals surface area (Å²) in [7, 11) is 0. The molecule has 0 atom stereocenters. The van der Waals surface area contributed by atoms with Crippen molar-refractivity contribution in [2.45, 2.75) is 38.5 Å². The first-order valence-corrected chi connectivity index (χ1v) is 10.4. The second kappa shape index (κ2) is 7.79. The van der Waals surface area contributed by atoms with Crippen molar-refractivity contribution in [1.82, 2.24) is 4.90 Å². The van der Waals surface area contributed by atoms with Crippen LogP contribution in [0.15, 0.2) is 24.3 Å². The summed E-state index contributed by atoms with van der Waals surface area (Å²) in [4.78, 5) is 50.9. The number of nitrogens with one attached hydrogen (secondary N) is 1. The fourth-order valence-corrected chi connectivity index (χ4v) is 5.21. The zero-order valence-electron chi connectivity index (χ0n) is 15.7. The summed E-state index contributed by atoms with van der Waals surface area (Å²) in [6.07, 6.45) is 3.96. The number of fused-ring (bicyclic) bond motifs is 2. The highest BCUT2D eigenvalue weighted by atomic mass is 32.1. The quantitative estimate of drug-likeness (QED) is 0.708. The molecular weight excluding hydrogens is 392 g/mol. The van der Waals surface area contributed by atoms with Crippen molar-refractivity contribution in [3.05, 3.63) is 51.4 Å². The second-order valence-corrected chi connectivity index (χ2v) is 8.28. The largest absolute Gasteiger partial charge is 0.478 e. The van der Waals surface area contributed by atoms with Gasteiger partial charge in [-0.05, 0) is 49.8 Å². The third-order valence-corrected chi connectivity index (χ3v) is 6.51. The highest BCUT2D eigenvalue weighted by molar-refractivity contribution is 7.17. The fraction of sp³-hybridized carbons (Fsp3) is 0.333. The maximum Gasteiger partial charge on any atom is 0.339 e. The van der Waals surface area contributed by atoms with Crippen LogP contribution in [-0.4, -0.2) is 40.2 Å². The SMILES string of the molecule is O=C(CCCN1C(=O)c2ccccc2C1=O)Nc1sc2c(c1C(=O)O)CCCC2. The number of carboxylic acid groups (broad SMARTS) is 1. The summed E-state index contributed by atoms with van der Waals surface area (Å²) in [5.41, 5.74) is 1.82. The Morgan fingerprint density at radius 2 is 1.72 bits per heavy atom. The third-order valence-electron chi connectivity index (χ3n) is 5.30. The van der Waals surface area contributed by atoms with Crippen molar-refractivity contribution < 1.29 is 24.3 Å². The predicted molar refractivity (Wildman–Crippen MR) is 108 cm³/mol. The van der Waals surface area contributed by atoms with Crippen molar-refractivity contribution in [1.29, 1.82) is 0 Å². The average Bonchev–Trinajstić information content (AvgIpc) is 3.18. The minimum atomic E-state index is -1.02. The topological polar surface area (TPSA) is 104 Å². The van der Waals surface area contributed by atoms with Crippen LogP contribution in [0.1, 0.15) is 67.2 Å². The van der Waals surface area contributed by atoms with Gasteiger partial charge in [-0.3, -0.25) is 19.3 Å². The van der Waals surface area contributed by atoms with Gasteiger partial charge in [0.15, 0.2) is 0 Å². The number of hydrogen-bond donors (Lipinski definition) is 2. The number of imide groups is 1. The van der Waals surface area contributed by atoms with E-state index in [4.69, 9.17) is 0 Å². The van der Waals surface area contributed by atoms with E-state index in [1.54, 1.807) is 24.3 Å². The molecule has 0 radical (unpaired) electrons. The Morgan fingerprint density at radius 1 is 1.07 bits per heavy atom. The lowest BCUT2D eigenvalue weighted by Crippen LogP contribution is -2.31. The summed E-state index contributed by atoms with van der Waals surface area (Å²) in [5.74, 6) is -2.02. The van der Waals surface area contributed by atoms with E-state index < -0.39 is 5.97 Å². The van der Waals surface area contributed by atoms with Gasteiger partial charge in [-0.2, -0.15) is 0 Å². The first-order valence-electron chi connectivity index (χ1n) is 9.60. The number of benzene rings is 1. The molecule has 1 aromatic carbocycles. The van der Waals surface area contributed by atoms with Gasteiger partial charge in [0, 0.05) is 17.8 Å². The molecule has 0 saturated carbocycles. The summed E-state index contributed by atoms with van der Waals surface area (Å²) in [6.45, 7) is 0.145. The molecule has 1 aromatic heterocycles. The highest BCUT2D eigenvalue weighted by Gasteiger charge is 2.34. The number of anilines is 1. The number of rotatable bonds is 6. The lowest BCUT2D eigenvalue weighted by Gasteiger charge is -2.13. The Labute approximate surface area is 171 Å². The van der Waals surface area contributed by atoms with Crippen molar-refractivity contribution in [3.8, 4) is 0 Å². The molecule has 8 heteroatoms. The van der Waals surface area contributed by atoms with E-state index in [-0.39, 0.29) is 36.3 Å². The van der Waals surface area contributed by atoms with Crippen molar-refractivity contribution in [3.63, 3.8) is 0 Å². The molecule has 0 saturated heterocycles. The van der Waals surface area contributed by atoms with Crippen LogP contribution in [-0.2, 0) is 17.6 Å². The number of thiophene rings is 1. The number of hydrogen-bond acceptors (Lipinski definition) is 5. The van der Waals surface area contributed by atoms with Gasteiger partial charge < -0.3 is 10.4 Å². The van der Waals surface area contributed by atoms with E-state index in [2.05, 4.69) is 5.32 Å². The fourth-order valence-electron chi connectivity index (χ4n) is 3.91. The molecule has 150 valence electrons. The van der Waals surface area contributed by atoms with E-state index in [1.807, 2.05) is 0 Å². The molecule has 2 N–H and O–H groups in total. The van der Waals surface area contributed by atoms with Crippen LogP contribution in [0.3, 0.4) is 0 Å². The molecule has 2 aromatic rings. The molecule has 2 heterocycles. The van der Waals surface area contributed by atoms with Crippen LogP contribution < -0.4 is 5.32 Å². The number of carbonyl (C=O) groups excluding carboxylic acids is 3. The highest BCUT2D eigenvalue weighted by Crippen LogP contribution is 2.38. The molecule has 29 heavy (non-hydrogen) atoms. The molecular formula is C21H20N2O5S. The van der Waals surface area contributed by atoms with Crippen LogP contribution in [0.2, 0.25) is 0 Å². The number of aromatic carboxylic acids is 1. The van der Waals surface area contributed by atoms with E-state index in [0.717, 1.165) is 41.0 Å². The number of amides is 3. The van der Waals surface area contributed by atoms with Crippen LogP contribution in [0.5, 0.6) is 0 Å². The minimum absolute atomic E-state index is 0.0923. The van der Waals surface area contributed by atoms with Crippen LogP contribution in [0.25, 0.3) is 0 Å². The minimum Gasteiger partial charge on any atom is -0.478 e. The molecule has 0 bridgehead atoms. The van der Waals surface area contributed by atoms with Gasteiger partial charge in [-0.15, -0.1) is 11.3 Å². The van der Waals surface area contributed by atoms with Gasteiger partial charge >= 0.3 is 5.97 Å². The summed E-state index contributed by atoms with van der Waals surface area (Å²) in [5, 5.41) is 12.7. The van der Waals surface area contributed by atoms with E-state index in [9.17, 15) is 24.3 Å². The van der Waals surface area contributed by atoms with E-state index in [1.165, 1.54) is 11.3 Å². The van der Waals surface area contributed by atoms with Crippen molar-refractivity contribution in [2.75, 3.05) is 11.9 Å².